The third-order valence-corrected chi connectivity index (χ3v) is 8.61. The second-order valence-corrected chi connectivity index (χ2v) is 11.8. The van der Waals surface area contributed by atoms with Gasteiger partial charge >= 0.3 is 0 Å². The summed E-state index contributed by atoms with van der Waals surface area (Å²) in [5.74, 6) is 0.163. The first-order chi connectivity index (χ1) is 19.9. The highest BCUT2D eigenvalue weighted by molar-refractivity contribution is 6.34. The van der Waals surface area contributed by atoms with E-state index >= 15 is 0 Å². The molecule has 0 aliphatic carbocycles. The summed E-state index contributed by atoms with van der Waals surface area (Å²) >= 11 is 14.3. The van der Waals surface area contributed by atoms with Crippen molar-refractivity contribution in [2.24, 2.45) is 0 Å². The standard InChI is InChI=1S/C36H32Cl2O4/c1-19-13-23(5-9-31(19)39)35(24-6-10-32(40)20(2)14-24)27-17-30(38)28(18-29(27)37)36(25-7-11-33(41)21(3)15-25)26-8-12-34(42)22(4)16-26/h5-18,35-36,39-42H,1-4H3. The second-order valence-electron chi connectivity index (χ2n) is 10.9. The van der Waals surface area contributed by atoms with E-state index in [1.165, 1.54) is 0 Å². The van der Waals surface area contributed by atoms with Crippen molar-refractivity contribution in [2.75, 3.05) is 0 Å². The largest absolute Gasteiger partial charge is 0.508 e. The van der Waals surface area contributed by atoms with Crippen molar-refractivity contribution in [1.29, 1.82) is 0 Å². The Hall–Kier alpha value is -4.12. The Morgan fingerprint density at radius 2 is 0.643 bits per heavy atom. The van der Waals surface area contributed by atoms with E-state index in [1.807, 2.05) is 88.4 Å². The minimum atomic E-state index is -0.326. The van der Waals surface area contributed by atoms with Gasteiger partial charge in [0.05, 0.1) is 0 Å². The zero-order valence-electron chi connectivity index (χ0n) is 23.8. The Kier molecular flexibility index (Phi) is 8.14. The van der Waals surface area contributed by atoms with Crippen LogP contribution in [0.5, 0.6) is 23.0 Å². The maximum absolute atomic E-state index is 10.2. The first-order valence-electron chi connectivity index (χ1n) is 13.6. The fraction of sp³-hybridized carbons (Fsp3) is 0.167. The molecule has 0 radical (unpaired) electrons. The number of hydrogen-bond donors (Lipinski definition) is 4. The van der Waals surface area contributed by atoms with Crippen LogP contribution < -0.4 is 0 Å². The van der Waals surface area contributed by atoms with Crippen LogP contribution in [0.25, 0.3) is 0 Å². The van der Waals surface area contributed by atoms with Gasteiger partial charge in [0, 0.05) is 21.9 Å². The highest BCUT2D eigenvalue weighted by Gasteiger charge is 2.26. The molecule has 5 aromatic carbocycles. The van der Waals surface area contributed by atoms with E-state index < -0.39 is 0 Å². The molecule has 5 rings (SSSR count). The Morgan fingerprint density at radius 3 is 0.857 bits per heavy atom. The Labute approximate surface area is 256 Å². The van der Waals surface area contributed by atoms with Crippen LogP contribution in [0.1, 0.15) is 67.5 Å². The lowest BCUT2D eigenvalue weighted by Crippen LogP contribution is -2.09. The van der Waals surface area contributed by atoms with E-state index in [9.17, 15) is 20.4 Å². The third-order valence-electron chi connectivity index (χ3n) is 7.95. The van der Waals surface area contributed by atoms with E-state index in [2.05, 4.69) is 0 Å². The Balaban J connectivity index is 1.72. The summed E-state index contributed by atoms with van der Waals surface area (Å²) in [4.78, 5) is 0. The van der Waals surface area contributed by atoms with Gasteiger partial charge in [-0.05, 0) is 120 Å². The van der Waals surface area contributed by atoms with Crippen LogP contribution in [-0.2, 0) is 0 Å². The van der Waals surface area contributed by atoms with E-state index in [1.54, 1.807) is 24.3 Å². The molecule has 0 fully saturated rings. The van der Waals surface area contributed by atoms with Crippen molar-refractivity contribution >= 4 is 23.2 Å². The molecular formula is C36H32Cl2O4. The molecule has 0 spiro atoms. The molecule has 4 N–H and O–H groups in total. The summed E-state index contributed by atoms with van der Waals surface area (Å²) in [6.07, 6.45) is 0. The summed E-state index contributed by atoms with van der Waals surface area (Å²) in [5.41, 5.74) is 8.17. The monoisotopic (exact) mass is 598 g/mol. The fourth-order valence-corrected chi connectivity index (χ4v) is 6.12. The predicted molar refractivity (Wildman–Crippen MR) is 170 cm³/mol. The van der Waals surface area contributed by atoms with Crippen LogP contribution in [0.3, 0.4) is 0 Å². The molecule has 42 heavy (non-hydrogen) atoms. The molecule has 0 aliphatic rings. The lowest BCUT2D eigenvalue weighted by Gasteiger charge is -2.25. The molecule has 4 nitrogen and oxygen atoms in total. The van der Waals surface area contributed by atoms with Crippen LogP contribution in [0.4, 0.5) is 0 Å². The van der Waals surface area contributed by atoms with Gasteiger partial charge in [-0.1, -0.05) is 71.7 Å². The predicted octanol–water partition coefficient (Wildman–Crippen LogP) is 9.41. The van der Waals surface area contributed by atoms with E-state index in [0.717, 1.165) is 55.6 Å². The number of phenolic OH excluding ortho intramolecular Hbond substituents is 4. The number of benzene rings is 5. The SMILES string of the molecule is Cc1cc(C(c2ccc(O)c(C)c2)c2cc(Cl)c(C(c3ccc(O)c(C)c3)c3ccc(O)c(C)c3)cc2Cl)ccc1O. The normalized spacial score (nSPS) is 11.4. The van der Waals surface area contributed by atoms with Gasteiger partial charge in [0.15, 0.2) is 0 Å². The van der Waals surface area contributed by atoms with Crippen molar-refractivity contribution in [2.45, 2.75) is 39.5 Å². The average molecular weight is 600 g/mol. The molecule has 0 atom stereocenters. The van der Waals surface area contributed by atoms with Gasteiger partial charge in [0.1, 0.15) is 23.0 Å². The van der Waals surface area contributed by atoms with Gasteiger partial charge in [-0.2, -0.15) is 0 Å². The van der Waals surface area contributed by atoms with Gasteiger partial charge < -0.3 is 20.4 Å². The zero-order chi connectivity index (χ0) is 30.3. The van der Waals surface area contributed by atoms with Gasteiger partial charge in [-0.3, -0.25) is 0 Å². The lowest BCUT2D eigenvalue weighted by molar-refractivity contribution is 0.470. The third kappa shape index (κ3) is 5.65. The number of halogens is 2. The van der Waals surface area contributed by atoms with Crippen molar-refractivity contribution < 1.29 is 20.4 Å². The second kappa shape index (κ2) is 11.6. The lowest BCUT2D eigenvalue weighted by atomic mass is 9.80. The summed E-state index contributed by atoms with van der Waals surface area (Å²) in [7, 11) is 0. The maximum Gasteiger partial charge on any atom is 0.118 e. The number of aromatic hydroxyl groups is 4. The van der Waals surface area contributed by atoms with E-state index in [0.29, 0.717) is 10.0 Å². The Morgan fingerprint density at radius 1 is 0.405 bits per heavy atom. The van der Waals surface area contributed by atoms with Crippen LogP contribution in [0, 0.1) is 27.7 Å². The summed E-state index contributed by atoms with van der Waals surface area (Å²) in [5, 5.41) is 41.9. The number of rotatable bonds is 6. The molecule has 214 valence electrons. The quantitative estimate of drug-likeness (QED) is 0.147. The molecule has 0 aliphatic heterocycles. The molecule has 6 heteroatoms. The van der Waals surface area contributed by atoms with Crippen LogP contribution >= 0.6 is 23.2 Å². The van der Waals surface area contributed by atoms with E-state index in [-0.39, 0.29) is 34.8 Å². The minimum Gasteiger partial charge on any atom is -0.508 e. The van der Waals surface area contributed by atoms with Crippen LogP contribution in [0.2, 0.25) is 10.0 Å². The topological polar surface area (TPSA) is 80.9 Å². The number of phenols is 4. The smallest absolute Gasteiger partial charge is 0.118 e. The van der Waals surface area contributed by atoms with Crippen molar-refractivity contribution in [3.63, 3.8) is 0 Å². The molecule has 0 saturated heterocycles. The molecule has 0 unspecified atom stereocenters. The molecule has 0 heterocycles. The highest BCUT2D eigenvalue weighted by atomic mass is 35.5. The molecule has 0 saturated carbocycles. The molecule has 0 aromatic heterocycles. The van der Waals surface area contributed by atoms with Gasteiger partial charge in [-0.25, -0.2) is 0 Å². The summed E-state index contributed by atoms with van der Waals surface area (Å²) < 4.78 is 0. The molecule has 0 bridgehead atoms. The van der Waals surface area contributed by atoms with Crippen LogP contribution in [-0.4, -0.2) is 20.4 Å². The fourth-order valence-electron chi connectivity index (χ4n) is 5.56. The first kappa shape index (κ1) is 29.4. The summed E-state index contributed by atoms with van der Waals surface area (Å²) in [6, 6.07) is 25.7. The molecule has 5 aromatic rings. The maximum atomic E-state index is 10.2. The summed E-state index contributed by atoms with van der Waals surface area (Å²) in [6.45, 7) is 7.39. The highest BCUT2D eigenvalue weighted by Crippen LogP contribution is 2.45. The zero-order valence-corrected chi connectivity index (χ0v) is 25.3. The van der Waals surface area contributed by atoms with Crippen molar-refractivity contribution in [3.8, 4) is 23.0 Å². The molecular weight excluding hydrogens is 567 g/mol. The average Bonchev–Trinajstić information content (AvgIpc) is 2.94. The first-order valence-corrected chi connectivity index (χ1v) is 14.4. The van der Waals surface area contributed by atoms with E-state index in [4.69, 9.17) is 23.2 Å². The van der Waals surface area contributed by atoms with Gasteiger partial charge in [-0.15, -0.1) is 0 Å². The van der Waals surface area contributed by atoms with Crippen molar-refractivity contribution in [3.05, 3.63) is 151 Å². The minimum absolute atomic E-state index is 0.204. The molecule has 0 amide bonds. The Bertz CT molecular complexity index is 1580. The van der Waals surface area contributed by atoms with Gasteiger partial charge in [0.2, 0.25) is 0 Å². The number of aryl methyl sites for hydroxylation is 4. The van der Waals surface area contributed by atoms with Crippen molar-refractivity contribution in [1.82, 2.24) is 0 Å². The van der Waals surface area contributed by atoms with Crippen LogP contribution in [0.15, 0.2) is 84.9 Å². The van der Waals surface area contributed by atoms with Gasteiger partial charge in [0.25, 0.3) is 0 Å². The number of hydrogen-bond acceptors (Lipinski definition) is 4.